The summed E-state index contributed by atoms with van der Waals surface area (Å²) in [7, 11) is 0. The highest BCUT2D eigenvalue weighted by Crippen LogP contribution is 2.10. The lowest BCUT2D eigenvalue weighted by Crippen LogP contribution is -2.36. The normalized spacial score (nSPS) is 12.9. The highest BCUT2D eigenvalue weighted by atomic mass is 16.6. The van der Waals surface area contributed by atoms with Crippen molar-refractivity contribution in [3.05, 3.63) is 83.8 Å². The minimum Gasteiger partial charge on any atom is -0.493 e. The summed E-state index contributed by atoms with van der Waals surface area (Å²) in [5.74, 6) is -0.973. The van der Waals surface area contributed by atoms with E-state index < -0.39 is 5.97 Å². The van der Waals surface area contributed by atoms with E-state index in [0.717, 1.165) is 17.5 Å². The fraction of sp³-hybridized carbons (Fsp3) is 0.273. The van der Waals surface area contributed by atoms with Crippen LogP contribution in [0.5, 0.6) is 0 Å². The number of amides is 1. The van der Waals surface area contributed by atoms with Crippen LogP contribution in [0, 0.1) is 0 Å². The van der Waals surface area contributed by atoms with Crippen LogP contribution in [-0.4, -0.2) is 43.1 Å². The minimum atomic E-state index is -0.698. The monoisotopic (exact) mass is 381 g/mol. The van der Waals surface area contributed by atoms with Crippen LogP contribution in [0.3, 0.4) is 0 Å². The molecule has 0 saturated heterocycles. The van der Waals surface area contributed by atoms with Gasteiger partial charge in [-0.3, -0.25) is 4.79 Å². The molecule has 0 saturated carbocycles. The Labute approximate surface area is 164 Å². The summed E-state index contributed by atoms with van der Waals surface area (Å²) in [6.07, 6.45) is 1.93. The largest absolute Gasteiger partial charge is 0.493 e. The van der Waals surface area contributed by atoms with Gasteiger partial charge < -0.3 is 19.1 Å². The molecule has 0 aromatic heterocycles. The predicted octanol–water partition coefficient (Wildman–Crippen LogP) is 2.69. The maximum absolute atomic E-state index is 12.7. The highest BCUT2D eigenvalue weighted by molar-refractivity contribution is 5.88. The summed E-state index contributed by atoms with van der Waals surface area (Å²) in [6, 6.07) is 19.7. The SMILES string of the molecule is O=C(OCC(=O)N(CCc1ccccc1)Cc1ccccc1)C1=COCCO1. The summed E-state index contributed by atoms with van der Waals surface area (Å²) in [4.78, 5) is 26.4. The van der Waals surface area contributed by atoms with Crippen molar-refractivity contribution in [2.24, 2.45) is 0 Å². The summed E-state index contributed by atoms with van der Waals surface area (Å²) in [5.41, 5.74) is 2.16. The van der Waals surface area contributed by atoms with Gasteiger partial charge >= 0.3 is 5.97 Å². The molecule has 1 heterocycles. The first-order valence-electron chi connectivity index (χ1n) is 9.19. The van der Waals surface area contributed by atoms with Crippen molar-refractivity contribution in [2.75, 3.05) is 26.4 Å². The minimum absolute atomic E-state index is 0.0158. The van der Waals surface area contributed by atoms with Crippen LogP contribution in [0.25, 0.3) is 0 Å². The lowest BCUT2D eigenvalue weighted by molar-refractivity contribution is -0.152. The van der Waals surface area contributed by atoms with E-state index in [-0.39, 0.29) is 24.9 Å². The summed E-state index contributed by atoms with van der Waals surface area (Å²) < 4.78 is 15.3. The van der Waals surface area contributed by atoms with Crippen molar-refractivity contribution in [2.45, 2.75) is 13.0 Å². The van der Waals surface area contributed by atoms with Crippen molar-refractivity contribution in [3.63, 3.8) is 0 Å². The Hall–Kier alpha value is -3.28. The van der Waals surface area contributed by atoms with Gasteiger partial charge in [0.25, 0.3) is 5.91 Å². The first kappa shape index (κ1) is 19.5. The van der Waals surface area contributed by atoms with Gasteiger partial charge in [-0.1, -0.05) is 60.7 Å². The molecular formula is C22H23NO5. The Morgan fingerprint density at radius 2 is 1.61 bits per heavy atom. The number of benzene rings is 2. The average molecular weight is 381 g/mol. The van der Waals surface area contributed by atoms with E-state index in [9.17, 15) is 9.59 Å². The molecule has 0 spiro atoms. The molecule has 3 rings (SSSR count). The molecule has 0 aliphatic carbocycles. The topological polar surface area (TPSA) is 65.1 Å². The van der Waals surface area contributed by atoms with Crippen LogP contribution in [0.1, 0.15) is 11.1 Å². The molecule has 2 aromatic carbocycles. The zero-order valence-corrected chi connectivity index (χ0v) is 15.6. The summed E-state index contributed by atoms with van der Waals surface area (Å²) in [6.45, 7) is 1.30. The molecule has 0 unspecified atom stereocenters. The molecule has 0 atom stereocenters. The zero-order valence-electron chi connectivity index (χ0n) is 15.6. The smallest absolute Gasteiger partial charge is 0.377 e. The lowest BCUT2D eigenvalue weighted by Gasteiger charge is -2.23. The third-order valence-corrected chi connectivity index (χ3v) is 4.26. The van der Waals surface area contributed by atoms with Gasteiger partial charge in [0, 0.05) is 13.1 Å². The quantitative estimate of drug-likeness (QED) is 0.658. The zero-order chi connectivity index (χ0) is 19.6. The van der Waals surface area contributed by atoms with Gasteiger partial charge in [0.1, 0.15) is 19.5 Å². The molecular weight excluding hydrogens is 358 g/mol. The molecule has 1 aliphatic heterocycles. The van der Waals surface area contributed by atoms with Crippen LogP contribution >= 0.6 is 0 Å². The van der Waals surface area contributed by atoms with E-state index in [4.69, 9.17) is 14.2 Å². The second kappa shape index (κ2) is 10.2. The van der Waals surface area contributed by atoms with Gasteiger partial charge in [0.05, 0.1) is 0 Å². The second-order valence-corrected chi connectivity index (χ2v) is 6.31. The van der Waals surface area contributed by atoms with E-state index in [0.29, 0.717) is 19.7 Å². The fourth-order valence-electron chi connectivity index (χ4n) is 2.77. The number of rotatable bonds is 8. The molecule has 28 heavy (non-hydrogen) atoms. The Balaban J connectivity index is 1.60. The Kier molecular flexibility index (Phi) is 7.07. The first-order chi connectivity index (χ1) is 13.7. The highest BCUT2D eigenvalue weighted by Gasteiger charge is 2.20. The molecule has 2 aromatic rings. The Morgan fingerprint density at radius 3 is 2.25 bits per heavy atom. The molecule has 1 amide bonds. The molecule has 0 bridgehead atoms. The number of ether oxygens (including phenoxy) is 3. The first-order valence-corrected chi connectivity index (χ1v) is 9.19. The van der Waals surface area contributed by atoms with Crippen molar-refractivity contribution in [1.82, 2.24) is 4.90 Å². The number of hydrogen-bond acceptors (Lipinski definition) is 5. The third kappa shape index (κ3) is 5.87. The van der Waals surface area contributed by atoms with Gasteiger partial charge in [0.2, 0.25) is 5.76 Å². The van der Waals surface area contributed by atoms with Crippen LogP contribution in [0.15, 0.2) is 72.7 Å². The number of carbonyl (C=O) groups is 2. The maximum Gasteiger partial charge on any atom is 0.377 e. The van der Waals surface area contributed by atoms with E-state index in [1.165, 1.54) is 6.26 Å². The van der Waals surface area contributed by atoms with Crippen LogP contribution in [0.2, 0.25) is 0 Å². The molecule has 0 N–H and O–H groups in total. The standard InChI is InChI=1S/C22H23NO5/c24-21(17-28-22(25)20-16-26-13-14-27-20)23(15-19-9-5-2-6-10-19)12-11-18-7-3-1-4-8-18/h1-10,16H,11-15,17H2. The molecule has 6 nitrogen and oxygen atoms in total. The number of hydrogen-bond donors (Lipinski definition) is 0. The molecule has 0 radical (unpaired) electrons. The summed E-state index contributed by atoms with van der Waals surface area (Å²) in [5, 5.41) is 0. The van der Waals surface area contributed by atoms with Crippen molar-refractivity contribution >= 4 is 11.9 Å². The van der Waals surface area contributed by atoms with Gasteiger partial charge in [-0.2, -0.15) is 0 Å². The number of esters is 1. The third-order valence-electron chi connectivity index (χ3n) is 4.26. The van der Waals surface area contributed by atoms with Crippen molar-refractivity contribution in [3.8, 4) is 0 Å². The van der Waals surface area contributed by atoms with Gasteiger partial charge in [-0.15, -0.1) is 0 Å². The molecule has 1 aliphatic rings. The van der Waals surface area contributed by atoms with Crippen LogP contribution < -0.4 is 0 Å². The number of carbonyl (C=O) groups excluding carboxylic acids is 2. The lowest BCUT2D eigenvalue weighted by atomic mass is 10.1. The second-order valence-electron chi connectivity index (χ2n) is 6.31. The van der Waals surface area contributed by atoms with Crippen molar-refractivity contribution < 1.29 is 23.8 Å². The number of nitrogens with zero attached hydrogens (tertiary/aromatic N) is 1. The van der Waals surface area contributed by atoms with Crippen molar-refractivity contribution in [1.29, 1.82) is 0 Å². The van der Waals surface area contributed by atoms with E-state index in [2.05, 4.69) is 0 Å². The summed E-state index contributed by atoms with van der Waals surface area (Å²) >= 11 is 0. The maximum atomic E-state index is 12.7. The van der Waals surface area contributed by atoms with Crippen LogP contribution in [0.4, 0.5) is 0 Å². The van der Waals surface area contributed by atoms with E-state index >= 15 is 0 Å². The predicted molar refractivity (Wildman–Crippen MR) is 103 cm³/mol. The average Bonchev–Trinajstić information content (AvgIpc) is 2.76. The van der Waals surface area contributed by atoms with E-state index in [1.807, 2.05) is 60.7 Å². The fourth-order valence-corrected chi connectivity index (χ4v) is 2.77. The van der Waals surface area contributed by atoms with Gasteiger partial charge in [0.15, 0.2) is 6.61 Å². The molecule has 0 fully saturated rings. The van der Waals surface area contributed by atoms with Gasteiger partial charge in [-0.05, 0) is 17.5 Å². The Bertz CT molecular complexity index is 804. The van der Waals surface area contributed by atoms with Gasteiger partial charge in [-0.25, -0.2) is 4.79 Å². The van der Waals surface area contributed by atoms with Crippen LogP contribution in [-0.2, 0) is 36.8 Å². The van der Waals surface area contributed by atoms with E-state index in [1.54, 1.807) is 4.90 Å². The molecule has 146 valence electrons. The molecule has 6 heteroatoms. The Morgan fingerprint density at radius 1 is 0.929 bits per heavy atom.